The number of ether oxygens (including phenoxy) is 1. The number of amides is 4. The van der Waals surface area contributed by atoms with E-state index in [9.17, 15) is 24.3 Å². The van der Waals surface area contributed by atoms with Gasteiger partial charge in [-0.1, -0.05) is 30.3 Å². The van der Waals surface area contributed by atoms with E-state index in [0.29, 0.717) is 24.2 Å². The van der Waals surface area contributed by atoms with Gasteiger partial charge in [0.2, 0.25) is 5.91 Å². The van der Waals surface area contributed by atoms with E-state index in [2.05, 4.69) is 5.32 Å². The smallest absolute Gasteiger partial charge is 0.407 e. The fourth-order valence-electron chi connectivity index (χ4n) is 5.38. The third-order valence-corrected chi connectivity index (χ3v) is 8.55. The minimum Gasteiger partial charge on any atom is -0.465 e. The number of carbonyl (C=O) groups is 4. The van der Waals surface area contributed by atoms with E-state index in [0.717, 1.165) is 22.4 Å². The van der Waals surface area contributed by atoms with E-state index in [1.54, 1.807) is 15.9 Å². The number of benzene rings is 2. The number of hydrogen-bond acceptors (Lipinski definition) is 6. The Labute approximate surface area is 245 Å². The van der Waals surface area contributed by atoms with Crippen LogP contribution >= 0.6 is 11.8 Å². The van der Waals surface area contributed by atoms with Crippen molar-refractivity contribution in [1.29, 1.82) is 0 Å². The molecule has 2 aromatic rings. The van der Waals surface area contributed by atoms with Gasteiger partial charge in [-0.2, -0.15) is 0 Å². The molecule has 4 rings (SSSR count). The summed E-state index contributed by atoms with van der Waals surface area (Å²) in [7, 11) is 0. The number of likely N-dealkylation sites (tertiary alicyclic amines) is 1. The highest BCUT2D eigenvalue weighted by Crippen LogP contribution is 2.41. The number of piperidine rings is 1. The van der Waals surface area contributed by atoms with Crippen molar-refractivity contribution in [2.75, 3.05) is 31.1 Å². The van der Waals surface area contributed by atoms with Crippen molar-refractivity contribution in [3.05, 3.63) is 59.2 Å². The lowest BCUT2D eigenvalue weighted by atomic mass is 9.99. The third-order valence-electron chi connectivity index (χ3n) is 7.41. The number of carboxylic acid groups (broad SMARTS) is 1. The number of rotatable bonds is 8. The summed E-state index contributed by atoms with van der Waals surface area (Å²) in [5, 5.41) is 11.9. The Morgan fingerprint density at radius 3 is 2.61 bits per heavy atom. The van der Waals surface area contributed by atoms with Gasteiger partial charge in [0, 0.05) is 42.7 Å². The first-order valence-corrected chi connectivity index (χ1v) is 14.8. The molecule has 2 aliphatic rings. The molecule has 1 saturated heterocycles. The molecule has 2 N–H and O–H groups in total. The fourth-order valence-corrected chi connectivity index (χ4v) is 6.52. The van der Waals surface area contributed by atoms with E-state index < -0.39 is 12.2 Å². The topological polar surface area (TPSA) is 119 Å². The van der Waals surface area contributed by atoms with Gasteiger partial charge in [0.1, 0.15) is 6.61 Å². The van der Waals surface area contributed by atoms with Crippen LogP contribution in [0.5, 0.6) is 0 Å². The van der Waals surface area contributed by atoms with Crippen LogP contribution in [0.4, 0.5) is 15.3 Å². The molecule has 0 spiro atoms. The van der Waals surface area contributed by atoms with Crippen molar-refractivity contribution in [1.82, 2.24) is 15.1 Å². The Kier molecular flexibility index (Phi) is 9.80. The van der Waals surface area contributed by atoms with Crippen molar-refractivity contribution in [3.63, 3.8) is 0 Å². The molecule has 0 saturated carbocycles. The predicted molar refractivity (Wildman–Crippen MR) is 157 cm³/mol. The zero-order valence-corrected chi connectivity index (χ0v) is 24.8. The van der Waals surface area contributed by atoms with Gasteiger partial charge >= 0.3 is 12.2 Å². The van der Waals surface area contributed by atoms with Gasteiger partial charge in [0.25, 0.3) is 5.91 Å². The highest BCUT2D eigenvalue weighted by atomic mass is 32.2. The second-order valence-electron chi connectivity index (χ2n) is 10.7. The highest BCUT2D eigenvalue weighted by Gasteiger charge is 2.36. The molecule has 11 heteroatoms. The van der Waals surface area contributed by atoms with Crippen LogP contribution in [0.2, 0.25) is 0 Å². The van der Waals surface area contributed by atoms with Gasteiger partial charge in [0.05, 0.1) is 17.0 Å². The van der Waals surface area contributed by atoms with Crippen LogP contribution in [-0.4, -0.2) is 82.4 Å². The van der Waals surface area contributed by atoms with Crippen LogP contribution in [-0.2, 0) is 16.1 Å². The van der Waals surface area contributed by atoms with E-state index in [4.69, 9.17) is 4.74 Å². The number of aryl methyl sites for hydroxylation is 1. The Bertz CT molecular complexity index is 1290. The average molecular weight is 583 g/mol. The first-order valence-electron chi connectivity index (χ1n) is 13.9. The molecule has 0 radical (unpaired) electrons. The largest absolute Gasteiger partial charge is 0.465 e. The Balaban J connectivity index is 1.50. The van der Waals surface area contributed by atoms with Crippen molar-refractivity contribution in [3.8, 4) is 0 Å². The molecule has 2 heterocycles. The van der Waals surface area contributed by atoms with Crippen LogP contribution in [0, 0.1) is 6.92 Å². The van der Waals surface area contributed by atoms with Gasteiger partial charge < -0.3 is 29.9 Å². The molecule has 0 bridgehead atoms. The van der Waals surface area contributed by atoms with E-state index in [1.165, 1.54) is 16.7 Å². The van der Waals surface area contributed by atoms with Crippen molar-refractivity contribution < 1.29 is 29.0 Å². The van der Waals surface area contributed by atoms with Crippen LogP contribution in [0.1, 0.15) is 55.1 Å². The zero-order chi connectivity index (χ0) is 29.7. The molecule has 41 heavy (non-hydrogen) atoms. The Morgan fingerprint density at radius 2 is 1.93 bits per heavy atom. The van der Waals surface area contributed by atoms with Crippen molar-refractivity contribution in [2.24, 2.45) is 0 Å². The summed E-state index contributed by atoms with van der Waals surface area (Å²) in [6.45, 7) is 8.87. The first-order chi connectivity index (χ1) is 19.6. The molecule has 0 aromatic heterocycles. The van der Waals surface area contributed by atoms with E-state index >= 15 is 0 Å². The monoisotopic (exact) mass is 582 g/mol. The van der Waals surface area contributed by atoms with Crippen LogP contribution in [0.15, 0.2) is 47.4 Å². The summed E-state index contributed by atoms with van der Waals surface area (Å²) in [6, 6.07) is 12.7. The Morgan fingerprint density at radius 1 is 1.20 bits per heavy atom. The summed E-state index contributed by atoms with van der Waals surface area (Å²) in [6.07, 6.45) is -0.138. The van der Waals surface area contributed by atoms with Gasteiger partial charge in [-0.05, 0) is 63.8 Å². The number of nitrogens with zero attached hydrogens (tertiary/aromatic N) is 3. The normalized spacial score (nSPS) is 18.6. The SMILES string of the molecule is Cc1cc2c(cc1C(=O)N(C(C)C)[C@@H]1CCCN(C(=O)O)C1)N(CCNC(=O)OCc1ccccc1)C(=O)C(C)S2. The van der Waals surface area contributed by atoms with E-state index in [-0.39, 0.29) is 55.4 Å². The number of fused-ring (bicyclic) bond motifs is 1. The lowest BCUT2D eigenvalue weighted by Crippen LogP contribution is -2.53. The summed E-state index contributed by atoms with van der Waals surface area (Å²) in [5.41, 5.74) is 2.78. The van der Waals surface area contributed by atoms with Crippen molar-refractivity contribution >= 4 is 41.5 Å². The Hall–Kier alpha value is -3.73. The maximum absolute atomic E-state index is 14.0. The maximum atomic E-state index is 14.0. The second kappa shape index (κ2) is 13.3. The minimum atomic E-state index is -0.978. The number of alkyl carbamates (subject to hydrolysis) is 1. The lowest BCUT2D eigenvalue weighted by Gasteiger charge is -2.41. The fraction of sp³-hybridized carbons (Fsp3) is 0.467. The van der Waals surface area contributed by atoms with Crippen LogP contribution in [0.3, 0.4) is 0 Å². The summed E-state index contributed by atoms with van der Waals surface area (Å²) in [4.78, 5) is 56.8. The molecule has 1 fully saturated rings. The predicted octanol–water partition coefficient (Wildman–Crippen LogP) is 4.74. The maximum Gasteiger partial charge on any atom is 0.407 e. The quantitative estimate of drug-likeness (QED) is 0.461. The van der Waals surface area contributed by atoms with E-state index in [1.807, 2.05) is 64.1 Å². The molecule has 2 aromatic carbocycles. The highest BCUT2D eigenvalue weighted by molar-refractivity contribution is 8.01. The molecular formula is C30H38N4O6S. The van der Waals surface area contributed by atoms with Crippen LogP contribution in [0.25, 0.3) is 0 Å². The van der Waals surface area contributed by atoms with Gasteiger partial charge in [-0.15, -0.1) is 11.8 Å². The van der Waals surface area contributed by atoms with Crippen molar-refractivity contribution in [2.45, 2.75) is 69.4 Å². The second-order valence-corrected chi connectivity index (χ2v) is 12.1. The molecule has 4 amide bonds. The molecule has 2 aliphatic heterocycles. The summed E-state index contributed by atoms with van der Waals surface area (Å²) < 4.78 is 5.28. The molecule has 10 nitrogen and oxygen atoms in total. The molecule has 1 unspecified atom stereocenters. The zero-order valence-electron chi connectivity index (χ0n) is 24.0. The van der Waals surface area contributed by atoms with Gasteiger partial charge in [-0.25, -0.2) is 9.59 Å². The lowest BCUT2D eigenvalue weighted by molar-refractivity contribution is -0.118. The first kappa shape index (κ1) is 30.2. The molecule has 0 aliphatic carbocycles. The van der Waals surface area contributed by atoms with Gasteiger partial charge in [-0.3, -0.25) is 9.59 Å². The summed E-state index contributed by atoms with van der Waals surface area (Å²) >= 11 is 1.45. The summed E-state index contributed by atoms with van der Waals surface area (Å²) in [5.74, 6) is -0.287. The minimum absolute atomic E-state index is 0.102. The third kappa shape index (κ3) is 7.13. The molecular weight excluding hydrogens is 544 g/mol. The number of thioether (sulfide) groups is 1. The molecule has 220 valence electrons. The van der Waals surface area contributed by atoms with Crippen LogP contribution < -0.4 is 10.2 Å². The average Bonchev–Trinajstić information content (AvgIpc) is 2.94. The number of nitrogens with one attached hydrogen (secondary N) is 1. The standard InChI is InChI=1S/C30H38N4O6S/c1-19(2)34(23-11-8-13-32(17-23)30(38)39)28(36)24-16-25-26(15-20(24)3)41-21(4)27(35)33(25)14-12-31-29(37)40-18-22-9-6-5-7-10-22/h5-7,9-10,15-16,19,21,23H,8,11-14,17-18H2,1-4H3,(H,31,37)(H,38,39)/t21?,23-/m1/s1. The number of hydrogen-bond donors (Lipinski definition) is 2. The molecule has 2 atom stereocenters. The van der Waals surface area contributed by atoms with Gasteiger partial charge in [0.15, 0.2) is 0 Å². The number of carbonyl (C=O) groups excluding carboxylic acids is 3. The number of anilines is 1.